The molecule has 0 spiro atoms. The lowest BCUT2D eigenvalue weighted by molar-refractivity contribution is 0.187. The molecule has 1 saturated carbocycles. The Balaban J connectivity index is 2.02. The molecule has 1 fully saturated rings. The number of anilines is 2. The lowest BCUT2D eigenvalue weighted by atomic mass is 9.78. The molecule has 4 nitrogen and oxygen atoms in total. The van der Waals surface area contributed by atoms with Crippen molar-refractivity contribution in [2.45, 2.75) is 39.2 Å². The van der Waals surface area contributed by atoms with Gasteiger partial charge in [0.05, 0.1) is 7.11 Å². The number of methoxy groups -OCH3 is 1. The summed E-state index contributed by atoms with van der Waals surface area (Å²) in [6.07, 6.45) is 3.37. The fourth-order valence-corrected chi connectivity index (χ4v) is 2.86. The van der Waals surface area contributed by atoms with Crippen molar-refractivity contribution in [3.63, 3.8) is 0 Å². The molecule has 0 aliphatic heterocycles. The number of amides is 1. The Kier molecular flexibility index (Phi) is 4.88. The minimum Gasteiger partial charge on any atom is -0.453 e. The van der Waals surface area contributed by atoms with E-state index >= 15 is 0 Å². The highest BCUT2D eigenvalue weighted by Gasteiger charge is 2.26. The van der Waals surface area contributed by atoms with Crippen molar-refractivity contribution in [3.05, 3.63) is 24.3 Å². The Hall–Kier alpha value is -1.71. The molecule has 1 aromatic carbocycles. The van der Waals surface area contributed by atoms with Crippen molar-refractivity contribution < 1.29 is 9.53 Å². The van der Waals surface area contributed by atoms with Gasteiger partial charge in [-0.2, -0.15) is 0 Å². The van der Waals surface area contributed by atoms with Crippen LogP contribution >= 0.6 is 0 Å². The Morgan fingerprint density at radius 2 is 2.00 bits per heavy atom. The van der Waals surface area contributed by atoms with Crippen LogP contribution in [0.3, 0.4) is 0 Å². The summed E-state index contributed by atoms with van der Waals surface area (Å²) < 4.78 is 4.60. The fourth-order valence-electron chi connectivity index (χ4n) is 2.86. The van der Waals surface area contributed by atoms with Crippen LogP contribution < -0.4 is 10.6 Å². The summed E-state index contributed by atoms with van der Waals surface area (Å²) in [7, 11) is 1.36. The van der Waals surface area contributed by atoms with E-state index in [1.165, 1.54) is 26.4 Å². The average Bonchev–Trinajstić information content (AvgIpc) is 2.44. The monoisotopic (exact) mass is 276 g/mol. The number of benzene rings is 1. The quantitative estimate of drug-likeness (QED) is 0.873. The van der Waals surface area contributed by atoms with Gasteiger partial charge in [0, 0.05) is 17.4 Å². The molecule has 0 heterocycles. The third kappa shape index (κ3) is 3.65. The standard InChI is InChI=1S/C16H24N2O2/c1-11-6-4-9-15(12(11)2)17-13-7-5-8-14(10-13)18-16(19)20-3/h5,7-8,10-12,15,17H,4,6,9H2,1-3H3,(H,18,19). The van der Waals surface area contributed by atoms with Crippen LogP contribution in [0.15, 0.2) is 24.3 Å². The minimum atomic E-state index is -0.443. The molecular weight excluding hydrogens is 252 g/mol. The summed E-state index contributed by atoms with van der Waals surface area (Å²) in [4.78, 5) is 11.2. The Morgan fingerprint density at radius 1 is 1.25 bits per heavy atom. The first-order chi connectivity index (χ1) is 9.60. The summed E-state index contributed by atoms with van der Waals surface area (Å²) in [5, 5.41) is 6.29. The van der Waals surface area contributed by atoms with E-state index in [0.29, 0.717) is 12.0 Å². The van der Waals surface area contributed by atoms with Gasteiger partial charge in [-0.25, -0.2) is 4.79 Å². The lowest BCUT2D eigenvalue weighted by Gasteiger charge is -2.35. The molecule has 0 aromatic heterocycles. The molecule has 2 N–H and O–H groups in total. The first-order valence-electron chi connectivity index (χ1n) is 7.31. The third-order valence-corrected chi connectivity index (χ3v) is 4.35. The van der Waals surface area contributed by atoms with Crippen molar-refractivity contribution in [3.8, 4) is 0 Å². The van der Waals surface area contributed by atoms with Gasteiger partial charge in [0.25, 0.3) is 0 Å². The summed E-state index contributed by atoms with van der Waals surface area (Å²) in [6.45, 7) is 4.64. The highest BCUT2D eigenvalue weighted by molar-refractivity contribution is 5.85. The smallest absolute Gasteiger partial charge is 0.411 e. The zero-order chi connectivity index (χ0) is 14.5. The number of nitrogens with one attached hydrogen (secondary N) is 2. The van der Waals surface area contributed by atoms with Crippen molar-refractivity contribution in [2.24, 2.45) is 11.8 Å². The molecule has 110 valence electrons. The van der Waals surface area contributed by atoms with Gasteiger partial charge >= 0.3 is 6.09 Å². The van der Waals surface area contributed by atoms with Crippen LogP contribution in [0.25, 0.3) is 0 Å². The van der Waals surface area contributed by atoms with Crippen molar-refractivity contribution in [2.75, 3.05) is 17.7 Å². The molecule has 0 saturated heterocycles. The number of rotatable bonds is 3. The van der Waals surface area contributed by atoms with Crippen molar-refractivity contribution in [1.29, 1.82) is 0 Å². The van der Waals surface area contributed by atoms with Crippen LogP contribution in [-0.4, -0.2) is 19.2 Å². The van der Waals surface area contributed by atoms with Gasteiger partial charge < -0.3 is 10.1 Å². The maximum Gasteiger partial charge on any atom is 0.411 e. The van der Waals surface area contributed by atoms with E-state index in [-0.39, 0.29) is 0 Å². The first kappa shape index (κ1) is 14.7. The van der Waals surface area contributed by atoms with Gasteiger partial charge in [-0.3, -0.25) is 5.32 Å². The molecule has 0 bridgehead atoms. The van der Waals surface area contributed by atoms with E-state index in [1.807, 2.05) is 24.3 Å². The molecule has 1 aliphatic carbocycles. The molecule has 1 aliphatic rings. The number of carbonyl (C=O) groups excluding carboxylic acids is 1. The second-order valence-electron chi connectivity index (χ2n) is 5.72. The predicted octanol–water partition coefficient (Wildman–Crippen LogP) is 4.10. The van der Waals surface area contributed by atoms with E-state index in [0.717, 1.165) is 17.3 Å². The highest BCUT2D eigenvalue weighted by Crippen LogP contribution is 2.31. The summed E-state index contributed by atoms with van der Waals surface area (Å²) in [5.41, 5.74) is 1.79. The number of carbonyl (C=O) groups is 1. The topological polar surface area (TPSA) is 50.4 Å². The van der Waals surface area contributed by atoms with E-state index in [2.05, 4.69) is 29.2 Å². The Bertz CT molecular complexity index is 462. The molecule has 3 atom stereocenters. The fraction of sp³-hybridized carbons (Fsp3) is 0.562. The average molecular weight is 276 g/mol. The molecule has 3 unspecified atom stereocenters. The highest BCUT2D eigenvalue weighted by atomic mass is 16.5. The van der Waals surface area contributed by atoms with Gasteiger partial charge in [0.15, 0.2) is 0 Å². The van der Waals surface area contributed by atoms with Gasteiger partial charge in [-0.05, 0) is 36.5 Å². The van der Waals surface area contributed by atoms with Crippen LogP contribution in [0.4, 0.5) is 16.2 Å². The normalized spacial score (nSPS) is 25.9. The number of hydrogen-bond donors (Lipinski definition) is 2. The zero-order valence-electron chi connectivity index (χ0n) is 12.5. The van der Waals surface area contributed by atoms with Crippen LogP contribution in [0.1, 0.15) is 33.1 Å². The largest absolute Gasteiger partial charge is 0.453 e. The van der Waals surface area contributed by atoms with Gasteiger partial charge in [-0.15, -0.1) is 0 Å². The minimum absolute atomic E-state index is 0.443. The van der Waals surface area contributed by atoms with Crippen LogP contribution in [0.2, 0.25) is 0 Å². The molecule has 4 heteroatoms. The van der Waals surface area contributed by atoms with E-state index in [1.54, 1.807) is 0 Å². The SMILES string of the molecule is COC(=O)Nc1cccc(NC2CCCC(C)C2C)c1. The summed E-state index contributed by atoms with van der Waals surface area (Å²) in [5.74, 6) is 1.43. The maximum atomic E-state index is 11.2. The molecule has 1 amide bonds. The van der Waals surface area contributed by atoms with Crippen LogP contribution in [0.5, 0.6) is 0 Å². The Labute approximate surface area is 120 Å². The number of hydrogen-bond acceptors (Lipinski definition) is 3. The molecule has 0 radical (unpaired) electrons. The third-order valence-electron chi connectivity index (χ3n) is 4.35. The van der Waals surface area contributed by atoms with E-state index < -0.39 is 6.09 Å². The lowest BCUT2D eigenvalue weighted by Crippen LogP contribution is -2.35. The Morgan fingerprint density at radius 3 is 2.75 bits per heavy atom. The van der Waals surface area contributed by atoms with E-state index in [4.69, 9.17) is 0 Å². The van der Waals surface area contributed by atoms with Gasteiger partial charge in [0.1, 0.15) is 0 Å². The van der Waals surface area contributed by atoms with Gasteiger partial charge in [-0.1, -0.05) is 32.8 Å². The summed E-state index contributed by atoms with van der Waals surface area (Å²) >= 11 is 0. The second kappa shape index (κ2) is 6.64. The van der Waals surface area contributed by atoms with Gasteiger partial charge in [0.2, 0.25) is 0 Å². The molecule has 2 rings (SSSR count). The van der Waals surface area contributed by atoms with Crippen LogP contribution in [0, 0.1) is 11.8 Å². The first-order valence-corrected chi connectivity index (χ1v) is 7.31. The van der Waals surface area contributed by atoms with Crippen molar-refractivity contribution >= 4 is 17.5 Å². The molecule has 1 aromatic rings. The van der Waals surface area contributed by atoms with Crippen molar-refractivity contribution in [1.82, 2.24) is 0 Å². The van der Waals surface area contributed by atoms with Crippen LogP contribution in [-0.2, 0) is 4.74 Å². The zero-order valence-corrected chi connectivity index (χ0v) is 12.5. The number of ether oxygens (including phenoxy) is 1. The second-order valence-corrected chi connectivity index (χ2v) is 5.72. The summed E-state index contributed by atoms with van der Waals surface area (Å²) in [6, 6.07) is 8.28. The predicted molar refractivity (Wildman–Crippen MR) is 82.1 cm³/mol. The molecule has 20 heavy (non-hydrogen) atoms. The molecular formula is C16H24N2O2. The van der Waals surface area contributed by atoms with E-state index in [9.17, 15) is 4.79 Å². The maximum absolute atomic E-state index is 11.2.